The first-order valence-electron chi connectivity index (χ1n) is 11.4. The van der Waals surface area contributed by atoms with E-state index in [-0.39, 0.29) is 18.2 Å². The van der Waals surface area contributed by atoms with Gasteiger partial charge < -0.3 is 30.0 Å². The first-order valence-corrected chi connectivity index (χ1v) is 13.0. The highest BCUT2D eigenvalue weighted by Crippen LogP contribution is 2.42. The van der Waals surface area contributed by atoms with Crippen LogP contribution in [0.2, 0.25) is 0 Å². The Morgan fingerprint density at radius 1 is 1.20 bits per heavy atom. The molecule has 5 rings (SSSR count). The van der Waals surface area contributed by atoms with Crippen LogP contribution >= 0.6 is 22.7 Å². The summed E-state index contributed by atoms with van der Waals surface area (Å²) < 4.78 is 57.4. The molecule has 192 valence electrons. The smallest absolute Gasteiger partial charge is 0.425 e. The summed E-state index contributed by atoms with van der Waals surface area (Å²) in [6.07, 6.45) is -4.51. The summed E-state index contributed by atoms with van der Waals surface area (Å²) in [7, 11) is 0. The fourth-order valence-corrected chi connectivity index (χ4v) is 6.95. The molecule has 2 aromatic heterocycles. The number of aliphatic hydroxyl groups is 1. The zero-order valence-corrected chi connectivity index (χ0v) is 20.4. The van der Waals surface area contributed by atoms with Gasteiger partial charge in [0.05, 0.1) is 32.0 Å². The van der Waals surface area contributed by atoms with Gasteiger partial charge in [0, 0.05) is 29.3 Å². The minimum absolute atomic E-state index is 0.164. The van der Waals surface area contributed by atoms with Gasteiger partial charge in [-0.05, 0) is 36.1 Å². The molecule has 0 spiro atoms. The third-order valence-corrected chi connectivity index (χ3v) is 8.68. The molecule has 0 bridgehead atoms. The Morgan fingerprint density at radius 2 is 2.06 bits per heavy atom. The molecular weight excluding hydrogens is 507 g/mol. The van der Waals surface area contributed by atoms with Crippen LogP contribution in [-0.2, 0) is 52.9 Å². The van der Waals surface area contributed by atoms with Crippen molar-refractivity contribution in [3.8, 4) is 0 Å². The number of hydrogen-bond donors (Lipinski definition) is 4. The van der Waals surface area contributed by atoms with Crippen LogP contribution in [0.1, 0.15) is 48.1 Å². The Labute approximate surface area is 207 Å². The van der Waals surface area contributed by atoms with E-state index in [1.807, 2.05) is 0 Å². The molecule has 4 N–H and O–H groups in total. The van der Waals surface area contributed by atoms with E-state index in [0.29, 0.717) is 79.8 Å². The largest absolute Gasteiger partial charge is 0.456 e. The summed E-state index contributed by atoms with van der Waals surface area (Å²) in [5.74, 6) is -0.506. The second-order valence-electron chi connectivity index (χ2n) is 8.57. The Bertz CT molecular complexity index is 1080. The number of fused-ring (bicyclic) bond motifs is 2. The number of alkyl halides is 3. The number of carbonyl (C=O) groups is 1. The van der Waals surface area contributed by atoms with E-state index in [0.717, 1.165) is 21.8 Å². The molecule has 5 heterocycles. The quantitative estimate of drug-likeness (QED) is 0.319. The average molecular weight is 534 g/mol. The third-order valence-electron chi connectivity index (χ3n) is 6.22. The van der Waals surface area contributed by atoms with E-state index in [2.05, 4.69) is 16.0 Å². The fraction of sp³-hybridized carbons (Fsp3) is 0.591. The first kappa shape index (κ1) is 24.9. The molecule has 0 radical (unpaired) electrons. The van der Waals surface area contributed by atoms with Crippen molar-refractivity contribution < 1.29 is 37.3 Å². The summed E-state index contributed by atoms with van der Waals surface area (Å²) in [5, 5.41) is 19.7. The number of aliphatic hydroxyl groups excluding tert-OH is 1. The van der Waals surface area contributed by atoms with Gasteiger partial charge in [-0.15, -0.1) is 22.7 Å². The summed E-state index contributed by atoms with van der Waals surface area (Å²) >= 11 is 2.03. The van der Waals surface area contributed by atoms with Gasteiger partial charge >= 0.3 is 12.1 Å². The number of rotatable bonds is 7. The number of halogens is 3. The maximum absolute atomic E-state index is 13.7. The van der Waals surface area contributed by atoms with Crippen LogP contribution in [0.5, 0.6) is 0 Å². The molecule has 3 aliphatic heterocycles. The number of esters is 1. The standard InChI is InChI=1S/C22H26F3N3O5S2/c23-22(24,25)18-14(12-1-4-26-8-15(12)34-18)7-27-21(30)28-19-17(13-3-6-32-10-16(13)35-19)20(29)33-11-2-5-31-9-11/h11,21,26-28,30H,1-10H2. The molecule has 35 heavy (non-hydrogen) atoms. The van der Waals surface area contributed by atoms with Crippen LogP contribution in [0.4, 0.5) is 18.2 Å². The number of hydrogen-bond acceptors (Lipinski definition) is 10. The van der Waals surface area contributed by atoms with Crippen molar-refractivity contribution in [3.63, 3.8) is 0 Å². The predicted octanol–water partition coefficient (Wildman–Crippen LogP) is 2.97. The zero-order valence-electron chi connectivity index (χ0n) is 18.8. The maximum Gasteiger partial charge on any atom is 0.425 e. The van der Waals surface area contributed by atoms with Crippen molar-refractivity contribution >= 4 is 33.6 Å². The summed E-state index contributed by atoms with van der Waals surface area (Å²) in [6, 6.07) is 0. The van der Waals surface area contributed by atoms with Crippen LogP contribution < -0.4 is 16.0 Å². The number of thiophene rings is 2. The van der Waals surface area contributed by atoms with Crippen LogP contribution in [-0.4, -0.2) is 49.9 Å². The van der Waals surface area contributed by atoms with Crippen molar-refractivity contribution in [1.82, 2.24) is 10.6 Å². The topological polar surface area (TPSA) is 101 Å². The summed E-state index contributed by atoms with van der Waals surface area (Å²) in [4.78, 5) is 13.9. The van der Waals surface area contributed by atoms with Gasteiger partial charge in [0.25, 0.3) is 0 Å². The van der Waals surface area contributed by atoms with Gasteiger partial charge in [-0.25, -0.2) is 4.79 Å². The molecule has 0 aromatic carbocycles. The van der Waals surface area contributed by atoms with Crippen molar-refractivity contribution in [1.29, 1.82) is 0 Å². The highest BCUT2D eigenvalue weighted by molar-refractivity contribution is 7.16. The second-order valence-corrected chi connectivity index (χ2v) is 10.8. The van der Waals surface area contributed by atoms with Crippen molar-refractivity contribution in [2.45, 2.75) is 57.6 Å². The molecule has 1 fully saturated rings. The molecule has 2 atom stereocenters. The van der Waals surface area contributed by atoms with Crippen LogP contribution in [0.25, 0.3) is 0 Å². The highest BCUT2D eigenvalue weighted by Gasteiger charge is 2.38. The summed E-state index contributed by atoms with van der Waals surface area (Å²) in [6.45, 7) is 2.54. The molecule has 0 amide bonds. The lowest BCUT2D eigenvalue weighted by atomic mass is 10.0. The number of ether oxygens (including phenoxy) is 3. The van der Waals surface area contributed by atoms with E-state index < -0.39 is 23.4 Å². The molecule has 2 aromatic rings. The van der Waals surface area contributed by atoms with Crippen molar-refractivity contribution in [2.75, 3.05) is 31.7 Å². The molecule has 2 unspecified atom stereocenters. The van der Waals surface area contributed by atoms with Crippen molar-refractivity contribution in [2.24, 2.45) is 0 Å². The van der Waals surface area contributed by atoms with Gasteiger partial charge in [0.1, 0.15) is 16.0 Å². The van der Waals surface area contributed by atoms with E-state index in [1.165, 1.54) is 11.3 Å². The molecular formula is C22H26F3N3O5S2. The first-order chi connectivity index (χ1) is 16.8. The predicted molar refractivity (Wildman–Crippen MR) is 124 cm³/mol. The summed E-state index contributed by atoms with van der Waals surface area (Å²) in [5.41, 5.74) is 2.02. The normalized spacial score (nSPS) is 20.9. The van der Waals surface area contributed by atoms with E-state index in [9.17, 15) is 23.1 Å². The highest BCUT2D eigenvalue weighted by atomic mass is 32.1. The lowest BCUT2D eigenvalue weighted by molar-refractivity contribution is -0.135. The minimum Gasteiger partial charge on any atom is -0.456 e. The Morgan fingerprint density at radius 3 is 2.83 bits per heavy atom. The average Bonchev–Trinajstić information content (AvgIpc) is 3.54. The van der Waals surface area contributed by atoms with Crippen molar-refractivity contribution in [3.05, 3.63) is 36.9 Å². The number of carbonyl (C=O) groups excluding carboxylic acids is 1. The van der Waals surface area contributed by atoms with E-state index in [4.69, 9.17) is 14.2 Å². The van der Waals surface area contributed by atoms with E-state index >= 15 is 0 Å². The van der Waals surface area contributed by atoms with Gasteiger partial charge in [0.15, 0.2) is 6.35 Å². The van der Waals surface area contributed by atoms with Gasteiger partial charge in [-0.2, -0.15) is 13.2 Å². The molecule has 0 saturated carbocycles. The third kappa shape index (κ3) is 5.36. The molecule has 0 aliphatic carbocycles. The Balaban J connectivity index is 1.32. The van der Waals surface area contributed by atoms with Crippen LogP contribution in [0.3, 0.4) is 0 Å². The van der Waals surface area contributed by atoms with Crippen LogP contribution in [0, 0.1) is 0 Å². The van der Waals surface area contributed by atoms with E-state index in [1.54, 1.807) is 0 Å². The molecule has 3 aliphatic rings. The SMILES string of the molecule is O=C(OC1CCOC1)c1c(NC(O)NCc2c(C(F)(F)F)sc3c2CCNC3)sc2c1CCOC2. The number of anilines is 1. The van der Waals surface area contributed by atoms with Gasteiger partial charge in [-0.1, -0.05) is 0 Å². The van der Waals surface area contributed by atoms with Gasteiger partial charge in [0.2, 0.25) is 0 Å². The molecule has 13 heteroatoms. The number of nitrogens with one attached hydrogen (secondary N) is 3. The monoisotopic (exact) mass is 533 g/mol. The maximum atomic E-state index is 13.7. The Hall–Kier alpha value is -1.74. The Kier molecular flexibility index (Phi) is 7.35. The fourth-order valence-electron chi connectivity index (χ4n) is 4.56. The van der Waals surface area contributed by atoms with Crippen LogP contribution in [0.15, 0.2) is 0 Å². The molecule has 1 saturated heterocycles. The van der Waals surface area contributed by atoms with Gasteiger partial charge in [-0.3, -0.25) is 5.32 Å². The lowest BCUT2D eigenvalue weighted by Gasteiger charge is -2.19. The second kappa shape index (κ2) is 10.3. The lowest BCUT2D eigenvalue weighted by Crippen LogP contribution is -2.36. The zero-order chi connectivity index (χ0) is 24.6. The minimum atomic E-state index is -4.47. The molecule has 8 nitrogen and oxygen atoms in total.